The summed E-state index contributed by atoms with van der Waals surface area (Å²) in [7, 11) is 0. The summed E-state index contributed by atoms with van der Waals surface area (Å²) in [6.45, 7) is 4.25. The molecular weight excluding hydrogens is 238 g/mol. The summed E-state index contributed by atoms with van der Waals surface area (Å²) in [6, 6.07) is 0. The average molecular weight is 256 g/mol. The maximum absolute atomic E-state index is 6.13. The van der Waals surface area contributed by atoms with E-state index < -0.39 is 0 Å². The minimum atomic E-state index is -0.376. The van der Waals surface area contributed by atoms with Gasteiger partial charge in [0.2, 0.25) is 17.5 Å². The molecule has 5 nitrogen and oxygen atoms in total. The Morgan fingerprint density at radius 1 is 1.00 bits per heavy atom. The predicted octanol–water partition coefficient (Wildman–Crippen LogP) is 1.02. The standard InChI is InChI=1S/C11H18ClN5/c12-9-13-10(16-5-1-2-6-16)15-11(14-9)17-7-3-4-8-17/h9H,1-8H2,(H,13,14,15). The van der Waals surface area contributed by atoms with Crippen LogP contribution in [0.5, 0.6) is 0 Å². The average Bonchev–Trinajstić information content (AvgIpc) is 3.02. The van der Waals surface area contributed by atoms with Gasteiger partial charge < -0.3 is 15.1 Å². The third kappa shape index (κ3) is 2.34. The normalized spacial score (nSPS) is 29.1. The molecule has 0 aromatic rings. The van der Waals surface area contributed by atoms with Gasteiger partial charge in [-0.2, -0.15) is 4.99 Å². The second-order valence-corrected chi connectivity index (χ2v) is 5.15. The molecule has 0 radical (unpaired) electrons. The van der Waals surface area contributed by atoms with E-state index in [2.05, 4.69) is 25.1 Å². The van der Waals surface area contributed by atoms with Gasteiger partial charge in [0.05, 0.1) is 0 Å². The largest absolute Gasteiger partial charge is 0.343 e. The Hall–Kier alpha value is -0.970. The Bertz CT molecular complexity index is 342. The molecule has 0 aromatic carbocycles. The zero-order chi connectivity index (χ0) is 11.7. The molecule has 1 atom stereocenters. The van der Waals surface area contributed by atoms with Gasteiger partial charge in [-0.15, -0.1) is 0 Å². The lowest BCUT2D eigenvalue weighted by Crippen LogP contribution is -2.47. The monoisotopic (exact) mass is 255 g/mol. The quantitative estimate of drug-likeness (QED) is 0.519. The molecule has 2 saturated heterocycles. The first-order valence-corrected chi connectivity index (χ1v) is 6.83. The van der Waals surface area contributed by atoms with E-state index in [-0.39, 0.29) is 5.62 Å². The fourth-order valence-electron chi connectivity index (χ4n) is 2.56. The number of nitrogens with zero attached hydrogens (tertiary/aromatic N) is 4. The van der Waals surface area contributed by atoms with Gasteiger partial charge in [0.15, 0.2) is 0 Å². The molecule has 2 fully saturated rings. The number of nitrogens with one attached hydrogen (secondary N) is 1. The molecule has 0 saturated carbocycles. The summed E-state index contributed by atoms with van der Waals surface area (Å²) in [5.74, 6) is 1.71. The van der Waals surface area contributed by atoms with Crippen molar-refractivity contribution in [2.24, 2.45) is 9.98 Å². The van der Waals surface area contributed by atoms with E-state index in [1.807, 2.05) is 0 Å². The Morgan fingerprint density at radius 2 is 1.59 bits per heavy atom. The maximum Gasteiger partial charge on any atom is 0.227 e. The number of halogens is 1. The van der Waals surface area contributed by atoms with Crippen LogP contribution in [-0.2, 0) is 0 Å². The van der Waals surface area contributed by atoms with Crippen LogP contribution < -0.4 is 5.32 Å². The van der Waals surface area contributed by atoms with Crippen molar-refractivity contribution in [3.8, 4) is 0 Å². The lowest BCUT2D eigenvalue weighted by atomic mass is 10.4. The van der Waals surface area contributed by atoms with E-state index in [1.165, 1.54) is 25.7 Å². The third-order valence-corrected chi connectivity index (χ3v) is 3.68. The summed E-state index contributed by atoms with van der Waals surface area (Å²) in [5.41, 5.74) is -0.376. The van der Waals surface area contributed by atoms with Crippen LogP contribution in [0.1, 0.15) is 25.7 Å². The number of hydrogen-bond donors (Lipinski definition) is 1. The molecule has 0 aliphatic carbocycles. The van der Waals surface area contributed by atoms with Gasteiger partial charge in [-0.3, -0.25) is 0 Å². The molecule has 17 heavy (non-hydrogen) atoms. The first-order valence-electron chi connectivity index (χ1n) is 6.40. The highest BCUT2D eigenvalue weighted by Crippen LogP contribution is 2.15. The van der Waals surface area contributed by atoms with Crippen LogP contribution in [0, 0.1) is 0 Å². The SMILES string of the molecule is ClC1N=C(N2CCCC2)N=C(N2CCCC2)N1. The topological polar surface area (TPSA) is 43.2 Å². The van der Waals surface area contributed by atoms with E-state index in [1.54, 1.807) is 0 Å². The van der Waals surface area contributed by atoms with Gasteiger partial charge in [-0.05, 0) is 25.7 Å². The van der Waals surface area contributed by atoms with Crippen molar-refractivity contribution in [3.05, 3.63) is 0 Å². The lowest BCUT2D eigenvalue weighted by Gasteiger charge is -2.28. The number of alkyl halides is 1. The van der Waals surface area contributed by atoms with Gasteiger partial charge in [-0.25, -0.2) is 4.99 Å². The Kier molecular flexibility index (Phi) is 3.09. The van der Waals surface area contributed by atoms with Gasteiger partial charge in [-0.1, -0.05) is 11.6 Å². The first-order chi connectivity index (χ1) is 8.33. The zero-order valence-corrected chi connectivity index (χ0v) is 10.7. The van der Waals surface area contributed by atoms with Crippen LogP contribution in [0.3, 0.4) is 0 Å². The number of rotatable bonds is 0. The fourth-order valence-corrected chi connectivity index (χ4v) is 2.74. The molecule has 3 aliphatic rings. The second kappa shape index (κ2) is 4.72. The van der Waals surface area contributed by atoms with Gasteiger partial charge in [0.1, 0.15) is 0 Å². The van der Waals surface area contributed by atoms with Crippen molar-refractivity contribution >= 4 is 23.5 Å². The van der Waals surface area contributed by atoms with Crippen LogP contribution in [-0.4, -0.2) is 53.5 Å². The number of guanidine groups is 2. The number of aliphatic imine (C=N–C) groups is 2. The van der Waals surface area contributed by atoms with E-state index in [9.17, 15) is 0 Å². The van der Waals surface area contributed by atoms with Crippen molar-refractivity contribution in [1.29, 1.82) is 0 Å². The maximum atomic E-state index is 6.13. The molecule has 3 rings (SSSR count). The highest BCUT2D eigenvalue weighted by Gasteiger charge is 2.25. The molecule has 1 unspecified atom stereocenters. The van der Waals surface area contributed by atoms with E-state index in [4.69, 9.17) is 11.6 Å². The van der Waals surface area contributed by atoms with E-state index in [0.717, 1.165) is 38.1 Å². The molecule has 3 aliphatic heterocycles. The van der Waals surface area contributed by atoms with Gasteiger partial charge >= 0.3 is 0 Å². The highest BCUT2D eigenvalue weighted by atomic mass is 35.5. The minimum Gasteiger partial charge on any atom is -0.343 e. The minimum absolute atomic E-state index is 0.376. The molecule has 3 heterocycles. The van der Waals surface area contributed by atoms with Crippen LogP contribution >= 0.6 is 11.6 Å². The van der Waals surface area contributed by atoms with Crippen molar-refractivity contribution in [2.75, 3.05) is 26.2 Å². The smallest absolute Gasteiger partial charge is 0.227 e. The molecule has 6 heteroatoms. The third-order valence-electron chi connectivity index (χ3n) is 3.48. The van der Waals surface area contributed by atoms with Crippen LogP contribution in [0.15, 0.2) is 9.98 Å². The molecule has 0 amide bonds. The Labute approximate surface area is 107 Å². The molecule has 0 aromatic heterocycles. The zero-order valence-electron chi connectivity index (χ0n) is 9.90. The lowest BCUT2D eigenvalue weighted by molar-refractivity contribution is 0.471. The summed E-state index contributed by atoms with van der Waals surface area (Å²) in [4.78, 5) is 13.5. The van der Waals surface area contributed by atoms with Gasteiger partial charge in [0.25, 0.3) is 0 Å². The van der Waals surface area contributed by atoms with Crippen LogP contribution in [0.4, 0.5) is 0 Å². The number of likely N-dealkylation sites (tertiary alicyclic amines) is 2. The Balaban J connectivity index is 1.77. The van der Waals surface area contributed by atoms with Crippen molar-refractivity contribution < 1.29 is 0 Å². The van der Waals surface area contributed by atoms with E-state index in [0.29, 0.717) is 0 Å². The number of hydrogen-bond acceptors (Lipinski definition) is 5. The summed E-state index contributed by atoms with van der Waals surface area (Å²) in [6.07, 6.45) is 4.94. The van der Waals surface area contributed by atoms with Crippen molar-refractivity contribution in [3.63, 3.8) is 0 Å². The summed E-state index contributed by atoms with van der Waals surface area (Å²) >= 11 is 6.13. The first kappa shape index (κ1) is 11.1. The molecule has 0 bridgehead atoms. The van der Waals surface area contributed by atoms with E-state index >= 15 is 0 Å². The fraction of sp³-hybridized carbons (Fsp3) is 0.818. The molecular formula is C11H18ClN5. The molecule has 1 N–H and O–H groups in total. The molecule has 94 valence electrons. The Morgan fingerprint density at radius 3 is 2.24 bits per heavy atom. The van der Waals surface area contributed by atoms with Crippen LogP contribution in [0.2, 0.25) is 0 Å². The molecule has 0 spiro atoms. The van der Waals surface area contributed by atoms with Gasteiger partial charge in [0, 0.05) is 26.2 Å². The second-order valence-electron chi connectivity index (χ2n) is 4.73. The highest BCUT2D eigenvalue weighted by molar-refractivity contribution is 6.22. The summed E-state index contributed by atoms with van der Waals surface area (Å²) in [5, 5.41) is 3.14. The summed E-state index contributed by atoms with van der Waals surface area (Å²) < 4.78 is 0. The van der Waals surface area contributed by atoms with Crippen LogP contribution in [0.25, 0.3) is 0 Å². The van der Waals surface area contributed by atoms with Crippen molar-refractivity contribution in [2.45, 2.75) is 31.3 Å². The van der Waals surface area contributed by atoms with Crippen molar-refractivity contribution in [1.82, 2.24) is 15.1 Å². The predicted molar refractivity (Wildman–Crippen MR) is 69.3 cm³/mol.